The number of carbonyl (C=O) groups excluding carboxylic acids is 2. The Morgan fingerprint density at radius 3 is 2.50 bits per heavy atom. The van der Waals surface area contributed by atoms with Gasteiger partial charge in [0.05, 0.1) is 11.1 Å². The Bertz CT molecular complexity index is 507. The Balaban J connectivity index is 2.60. The third-order valence-electron chi connectivity index (χ3n) is 3.09. The number of ether oxygens (including phenoxy) is 1. The molecule has 1 N–H and O–H groups in total. The van der Waals surface area contributed by atoms with Gasteiger partial charge in [0.25, 0.3) is 0 Å². The fourth-order valence-electron chi connectivity index (χ4n) is 1.56. The van der Waals surface area contributed by atoms with Gasteiger partial charge in [0.2, 0.25) is 0 Å². The molecular formula is C15H18O5. The van der Waals surface area contributed by atoms with Crippen molar-refractivity contribution in [2.75, 3.05) is 0 Å². The van der Waals surface area contributed by atoms with Crippen LogP contribution in [0.3, 0.4) is 0 Å². The molecule has 1 aromatic carbocycles. The predicted octanol–water partition coefficient (Wildman–Crippen LogP) is 2.89. The van der Waals surface area contributed by atoms with Crippen molar-refractivity contribution in [2.45, 2.75) is 33.1 Å². The van der Waals surface area contributed by atoms with E-state index in [1.807, 2.05) is 13.8 Å². The summed E-state index contributed by atoms with van der Waals surface area (Å²) < 4.78 is 4.70. The minimum absolute atomic E-state index is 0.0218. The van der Waals surface area contributed by atoms with Gasteiger partial charge in [-0.3, -0.25) is 4.79 Å². The maximum absolute atomic E-state index is 11.7. The van der Waals surface area contributed by atoms with Crippen molar-refractivity contribution in [3.63, 3.8) is 0 Å². The van der Waals surface area contributed by atoms with Crippen molar-refractivity contribution in [3.8, 4) is 0 Å². The van der Waals surface area contributed by atoms with Crippen LogP contribution in [0.2, 0.25) is 0 Å². The zero-order valence-corrected chi connectivity index (χ0v) is 11.6. The maximum atomic E-state index is 11.7. The second kappa shape index (κ2) is 7.43. The van der Waals surface area contributed by atoms with Gasteiger partial charge in [-0.25, -0.2) is 9.59 Å². The highest BCUT2D eigenvalue weighted by molar-refractivity contribution is 5.99. The number of carboxylic acids is 1. The molecule has 0 aliphatic carbocycles. The molecule has 0 radical (unpaired) electrons. The van der Waals surface area contributed by atoms with Crippen LogP contribution >= 0.6 is 0 Å². The smallest absolute Gasteiger partial charge is 0.345 e. The van der Waals surface area contributed by atoms with Crippen LogP contribution in [0, 0.1) is 5.92 Å². The van der Waals surface area contributed by atoms with Crippen LogP contribution < -0.4 is 0 Å². The highest BCUT2D eigenvalue weighted by Crippen LogP contribution is 2.11. The average molecular weight is 278 g/mol. The van der Waals surface area contributed by atoms with Gasteiger partial charge in [-0.15, -0.1) is 0 Å². The number of aromatic carboxylic acids is 1. The van der Waals surface area contributed by atoms with E-state index < -0.39 is 17.9 Å². The van der Waals surface area contributed by atoms with Crippen LogP contribution in [0.25, 0.3) is 0 Å². The van der Waals surface area contributed by atoms with Gasteiger partial charge < -0.3 is 9.84 Å². The monoisotopic (exact) mass is 278 g/mol. The highest BCUT2D eigenvalue weighted by Gasteiger charge is 2.15. The molecule has 1 rings (SSSR count). The largest absolute Gasteiger partial charge is 0.478 e. The van der Waals surface area contributed by atoms with Crippen molar-refractivity contribution in [1.82, 2.24) is 0 Å². The van der Waals surface area contributed by atoms with Crippen LogP contribution in [-0.4, -0.2) is 23.0 Å². The van der Waals surface area contributed by atoms with Gasteiger partial charge >= 0.3 is 17.9 Å². The first-order valence-corrected chi connectivity index (χ1v) is 6.52. The second-order valence-electron chi connectivity index (χ2n) is 4.70. The van der Waals surface area contributed by atoms with Crippen LogP contribution in [0.15, 0.2) is 24.3 Å². The predicted molar refractivity (Wildman–Crippen MR) is 72.5 cm³/mol. The fourth-order valence-corrected chi connectivity index (χ4v) is 1.56. The van der Waals surface area contributed by atoms with Gasteiger partial charge in [-0.05, 0) is 30.5 Å². The molecule has 0 fully saturated rings. The third kappa shape index (κ3) is 4.84. The molecule has 1 aromatic rings. The Morgan fingerprint density at radius 2 is 1.90 bits per heavy atom. The van der Waals surface area contributed by atoms with Crippen LogP contribution in [-0.2, 0) is 9.53 Å². The molecule has 1 atom stereocenters. The van der Waals surface area contributed by atoms with E-state index in [0.29, 0.717) is 12.3 Å². The van der Waals surface area contributed by atoms with E-state index in [1.54, 1.807) is 0 Å². The number of hydrogen-bond donors (Lipinski definition) is 1. The summed E-state index contributed by atoms with van der Waals surface area (Å²) in [5.74, 6) is -2.14. The summed E-state index contributed by atoms with van der Waals surface area (Å²) in [5.41, 5.74) is 0.0355. The molecule has 0 bridgehead atoms. The lowest BCUT2D eigenvalue weighted by atomic mass is 10.0. The lowest BCUT2D eigenvalue weighted by Crippen LogP contribution is -2.14. The van der Waals surface area contributed by atoms with E-state index in [2.05, 4.69) is 0 Å². The minimum Gasteiger partial charge on any atom is -0.478 e. The highest BCUT2D eigenvalue weighted by atomic mass is 16.6. The standard InChI is InChI=1S/C15H18O5/c1-3-10(2)7-8-13(16)20-15(19)12-6-4-5-11(9-12)14(17)18/h4-6,9-10H,3,7-8H2,1-2H3,(H,17,18). The molecule has 0 spiro atoms. The molecule has 0 aliphatic rings. The van der Waals surface area contributed by atoms with Crippen molar-refractivity contribution in [3.05, 3.63) is 35.4 Å². The van der Waals surface area contributed by atoms with Crippen molar-refractivity contribution in [2.24, 2.45) is 5.92 Å². The zero-order valence-electron chi connectivity index (χ0n) is 11.6. The molecule has 5 heteroatoms. The second-order valence-corrected chi connectivity index (χ2v) is 4.70. The van der Waals surface area contributed by atoms with Crippen LogP contribution in [0.4, 0.5) is 0 Å². The molecule has 0 amide bonds. The van der Waals surface area contributed by atoms with Gasteiger partial charge in [-0.2, -0.15) is 0 Å². The Morgan fingerprint density at radius 1 is 1.25 bits per heavy atom. The average Bonchev–Trinajstić information content (AvgIpc) is 2.44. The molecule has 0 aromatic heterocycles. The van der Waals surface area contributed by atoms with Gasteiger partial charge in [0.1, 0.15) is 0 Å². The quantitative estimate of drug-likeness (QED) is 0.639. The molecule has 0 saturated heterocycles. The van der Waals surface area contributed by atoms with Gasteiger partial charge in [0.15, 0.2) is 0 Å². The fraction of sp³-hybridized carbons (Fsp3) is 0.400. The molecule has 20 heavy (non-hydrogen) atoms. The van der Waals surface area contributed by atoms with E-state index in [0.717, 1.165) is 6.42 Å². The van der Waals surface area contributed by atoms with Gasteiger partial charge in [0, 0.05) is 6.42 Å². The molecular weight excluding hydrogens is 260 g/mol. The number of carboxylic acid groups (broad SMARTS) is 1. The minimum atomic E-state index is -1.14. The van der Waals surface area contributed by atoms with Crippen molar-refractivity contribution in [1.29, 1.82) is 0 Å². The molecule has 0 saturated carbocycles. The van der Waals surface area contributed by atoms with E-state index in [-0.39, 0.29) is 17.5 Å². The number of benzene rings is 1. The number of esters is 2. The first kappa shape index (κ1) is 15.9. The maximum Gasteiger partial charge on any atom is 0.345 e. The summed E-state index contributed by atoms with van der Waals surface area (Å²) in [4.78, 5) is 34.0. The molecule has 0 heterocycles. The summed E-state index contributed by atoms with van der Waals surface area (Å²) in [7, 11) is 0. The molecule has 1 unspecified atom stereocenters. The van der Waals surface area contributed by atoms with Crippen LogP contribution in [0.5, 0.6) is 0 Å². The summed E-state index contributed by atoms with van der Waals surface area (Å²) in [6.07, 6.45) is 1.80. The summed E-state index contributed by atoms with van der Waals surface area (Å²) in [6.45, 7) is 4.05. The van der Waals surface area contributed by atoms with E-state index in [1.165, 1.54) is 24.3 Å². The molecule has 5 nitrogen and oxygen atoms in total. The van der Waals surface area contributed by atoms with Crippen molar-refractivity contribution < 1.29 is 24.2 Å². The number of hydrogen-bond acceptors (Lipinski definition) is 4. The Labute approximate surface area is 117 Å². The Kier molecular flexibility index (Phi) is 5.90. The van der Waals surface area contributed by atoms with E-state index in [4.69, 9.17) is 9.84 Å². The Hall–Kier alpha value is -2.17. The first-order valence-electron chi connectivity index (χ1n) is 6.52. The van der Waals surface area contributed by atoms with Crippen LogP contribution in [0.1, 0.15) is 53.8 Å². The van der Waals surface area contributed by atoms with Gasteiger partial charge in [-0.1, -0.05) is 26.3 Å². The lowest BCUT2D eigenvalue weighted by Gasteiger charge is -2.07. The zero-order chi connectivity index (χ0) is 15.1. The SMILES string of the molecule is CCC(C)CCC(=O)OC(=O)c1cccc(C(=O)O)c1. The first-order chi connectivity index (χ1) is 9.43. The summed E-state index contributed by atoms with van der Waals surface area (Å²) in [5, 5.41) is 8.83. The number of rotatable bonds is 6. The lowest BCUT2D eigenvalue weighted by molar-refractivity contribution is -0.138. The van der Waals surface area contributed by atoms with E-state index >= 15 is 0 Å². The topological polar surface area (TPSA) is 80.7 Å². The van der Waals surface area contributed by atoms with E-state index in [9.17, 15) is 14.4 Å². The normalized spacial score (nSPS) is 11.7. The summed E-state index contributed by atoms with van der Waals surface area (Å²) in [6, 6.07) is 5.40. The number of carbonyl (C=O) groups is 3. The molecule has 108 valence electrons. The van der Waals surface area contributed by atoms with Crippen molar-refractivity contribution >= 4 is 17.9 Å². The third-order valence-corrected chi connectivity index (χ3v) is 3.09. The molecule has 0 aliphatic heterocycles. The summed E-state index contributed by atoms with van der Waals surface area (Å²) >= 11 is 0.